The lowest BCUT2D eigenvalue weighted by Crippen LogP contribution is -2.32. The number of aromatic nitrogens is 2. The Morgan fingerprint density at radius 3 is 2.81 bits per heavy atom. The van der Waals surface area contributed by atoms with Crippen molar-refractivity contribution in [3.63, 3.8) is 0 Å². The summed E-state index contributed by atoms with van der Waals surface area (Å²) < 4.78 is 14.1. The highest BCUT2D eigenvalue weighted by molar-refractivity contribution is 5.85. The lowest BCUT2D eigenvalue weighted by molar-refractivity contribution is 0.0690. The van der Waals surface area contributed by atoms with Crippen LogP contribution in [0.3, 0.4) is 0 Å². The Labute approximate surface area is 151 Å². The Balaban J connectivity index is 1.58. The van der Waals surface area contributed by atoms with E-state index >= 15 is 0 Å². The molecular weight excluding hydrogens is 335 g/mol. The summed E-state index contributed by atoms with van der Waals surface area (Å²) in [5.74, 6) is -0.257. The van der Waals surface area contributed by atoms with Crippen LogP contribution < -0.4 is 9.80 Å². The van der Waals surface area contributed by atoms with Crippen LogP contribution in [0.25, 0.3) is 0 Å². The van der Waals surface area contributed by atoms with Crippen LogP contribution in [-0.4, -0.2) is 40.7 Å². The molecule has 2 aromatic heterocycles. The zero-order valence-electron chi connectivity index (χ0n) is 14.7. The van der Waals surface area contributed by atoms with Crippen LogP contribution in [0, 0.1) is 11.9 Å². The molecule has 0 aromatic carbocycles. The summed E-state index contributed by atoms with van der Waals surface area (Å²) in [6, 6.07) is 5.08. The van der Waals surface area contributed by atoms with Gasteiger partial charge in [0.25, 0.3) is 0 Å². The quantitative estimate of drug-likeness (QED) is 0.853. The zero-order valence-corrected chi connectivity index (χ0v) is 14.7. The summed E-state index contributed by atoms with van der Waals surface area (Å²) in [4.78, 5) is 23.4. The fourth-order valence-electron chi connectivity index (χ4n) is 3.74. The van der Waals surface area contributed by atoms with Crippen molar-refractivity contribution < 1.29 is 14.3 Å². The highest BCUT2D eigenvalue weighted by atomic mass is 19.1. The van der Waals surface area contributed by atoms with Crippen LogP contribution in [0.5, 0.6) is 0 Å². The minimum atomic E-state index is -1.02. The summed E-state index contributed by atoms with van der Waals surface area (Å²) >= 11 is 0. The Hall–Kier alpha value is -2.70. The summed E-state index contributed by atoms with van der Waals surface area (Å²) in [5, 5.41) is 9.07. The number of anilines is 2. The number of halogens is 1. The smallest absolute Gasteiger partial charge is 0.354 e. The fraction of sp³-hybridized carbons (Fsp3) is 0.421. The third-order valence-electron chi connectivity index (χ3n) is 5.19. The molecule has 1 N–H and O–H groups in total. The summed E-state index contributed by atoms with van der Waals surface area (Å²) in [6.07, 6.45) is 3.41. The molecule has 0 aliphatic carbocycles. The molecule has 1 fully saturated rings. The first-order valence-electron chi connectivity index (χ1n) is 8.88. The third kappa shape index (κ3) is 3.21. The van der Waals surface area contributed by atoms with Crippen LogP contribution in [-0.2, 0) is 13.0 Å². The third-order valence-corrected chi connectivity index (χ3v) is 5.19. The van der Waals surface area contributed by atoms with Crippen molar-refractivity contribution in [2.24, 2.45) is 5.92 Å². The minimum Gasteiger partial charge on any atom is -0.477 e. The van der Waals surface area contributed by atoms with Crippen LogP contribution in [0.1, 0.15) is 35.0 Å². The van der Waals surface area contributed by atoms with Gasteiger partial charge in [0.15, 0.2) is 0 Å². The monoisotopic (exact) mass is 356 g/mol. The van der Waals surface area contributed by atoms with E-state index in [4.69, 9.17) is 5.11 Å². The van der Waals surface area contributed by atoms with Crippen molar-refractivity contribution in [2.75, 3.05) is 29.4 Å². The highest BCUT2D eigenvalue weighted by Gasteiger charge is 2.23. The maximum atomic E-state index is 14.1. The first kappa shape index (κ1) is 16.8. The van der Waals surface area contributed by atoms with Crippen molar-refractivity contribution in [3.05, 3.63) is 47.2 Å². The molecule has 0 spiro atoms. The number of pyridine rings is 2. The molecule has 6 nitrogen and oxygen atoms in total. The van der Waals surface area contributed by atoms with Crippen molar-refractivity contribution in [2.45, 2.75) is 26.3 Å². The number of hydrogen-bond acceptors (Lipinski definition) is 5. The molecule has 26 heavy (non-hydrogen) atoms. The molecule has 2 aliphatic heterocycles. The number of carboxylic acid groups (broad SMARTS) is 1. The van der Waals surface area contributed by atoms with Crippen LogP contribution in [0.2, 0.25) is 0 Å². The van der Waals surface area contributed by atoms with Crippen LogP contribution >= 0.6 is 0 Å². The van der Waals surface area contributed by atoms with E-state index in [1.165, 1.54) is 6.07 Å². The Morgan fingerprint density at radius 2 is 2.08 bits per heavy atom. The molecule has 0 radical (unpaired) electrons. The molecule has 0 saturated carbocycles. The van der Waals surface area contributed by atoms with Gasteiger partial charge in [-0.3, -0.25) is 0 Å². The molecule has 2 aliphatic rings. The highest BCUT2D eigenvalue weighted by Crippen LogP contribution is 2.29. The van der Waals surface area contributed by atoms with Crippen molar-refractivity contribution in [3.8, 4) is 0 Å². The largest absolute Gasteiger partial charge is 0.477 e. The lowest BCUT2D eigenvalue weighted by atomic mass is 10.0. The second kappa shape index (κ2) is 6.55. The van der Waals surface area contributed by atoms with E-state index in [1.807, 2.05) is 11.0 Å². The number of aromatic carboxylic acids is 1. The Morgan fingerprint density at radius 1 is 1.23 bits per heavy atom. The van der Waals surface area contributed by atoms with E-state index < -0.39 is 11.9 Å². The van der Waals surface area contributed by atoms with Gasteiger partial charge in [-0.05, 0) is 36.0 Å². The van der Waals surface area contributed by atoms with Gasteiger partial charge >= 0.3 is 5.97 Å². The SMILES string of the molecule is CC1CCN(c2cc(F)nc(N3CCc4cc(C(=O)O)ncc4C3)c2)C1. The molecule has 4 heterocycles. The van der Waals surface area contributed by atoms with Gasteiger partial charge in [0, 0.05) is 50.2 Å². The normalized spacial score (nSPS) is 19.5. The number of rotatable bonds is 3. The first-order valence-corrected chi connectivity index (χ1v) is 8.88. The molecule has 0 bridgehead atoms. The second-order valence-electron chi connectivity index (χ2n) is 7.16. The van der Waals surface area contributed by atoms with Crippen molar-refractivity contribution in [1.82, 2.24) is 9.97 Å². The molecule has 7 heteroatoms. The minimum absolute atomic E-state index is 0.0616. The fourth-order valence-corrected chi connectivity index (χ4v) is 3.74. The predicted octanol–water partition coefficient (Wildman–Crippen LogP) is 2.72. The van der Waals surface area contributed by atoms with Crippen molar-refractivity contribution >= 4 is 17.5 Å². The molecule has 1 unspecified atom stereocenters. The van der Waals surface area contributed by atoms with E-state index in [0.717, 1.165) is 36.3 Å². The Bertz CT molecular complexity index is 857. The van der Waals surface area contributed by atoms with Crippen LogP contribution in [0.15, 0.2) is 24.4 Å². The average molecular weight is 356 g/mol. The molecule has 1 saturated heterocycles. The Kier molecular flexibility index (Phi) is 4.22. The van der Waals surface area contributed by atoms with Gasteiger partial charge in [-0.15, -0.1) is 0 Å². The van der Waals surface area contributed by atoms with Gasteiger partial charge in [-0.25, -0.2) is 14.8 Å². The van der Waals surface area contributed by atoms with Gasteiger partial charge in [0.05, 0.1) is 0 Å². The van der Waals surface area contributed by atoms with E-state index in [9.17, 15) is 9.18 Å². The number of nitrogens with zero attached hydrogens (tertiary/aromatic N) is 4. The van der Waals surface area contributed by atoms with E-state index in [2.05, 4.69) is 21.8 Å². The zero-order chi connectivity index (χ0) is 18.3. The molecule has 136 valence electrons. The number of carboxylic acids is 1. The summed E-state index contributed by atoms with van der Waals surface area (Å²) in [5.41, 5.74) is 2.89. The molecular formula is C19H21FN4O2. The first-order chi connectivity index (χ1) is 12.5. The van der Waals surface area contributed by atoms with Gasteiger partial charge < -0.3 is 14.9 Å². The predicted molar refractivity (Wildman–Crippen MR) is 96.1 cm³/mol. The number of fused-ring (bicyclic) bond motifs is 1. The van der Waals surface area contributed by atoms with E-state index in [1.54, 1.807) is 12.3 Å². The molecule has 1 atom stereocenters. The van der Waals surface area contributed by atoms with Crippen LogP contribution in [0.4, 0.5) is 15.9 Å². The van der Waals surface area contributed by atoms with E-state index in [-0.39, 0.29) is 5.69 Å². The van der Waals surface area contributed by atoms with Gasteiger partial charge in [-0.2, -0.15) is 4.39 Å². The summed E-state index contributed by atoms with van der Waals surface area (Å²) in [7, 11) is 0. The topological polar surface area (TPSA) is 69.6 Å². The molecule has 2 aromatic rings. The van der Waals surface area contributed by atoms with Crippen molar-refractivity contribution in [1.29, 1.82) is 0 Å². The maximum absolute atomic E-state index is 14.1. The standard InChI is InChI=1S/C19H21FN4O2/c1-12-2-4-23(10-12)15-7-17(20)22-18(8-15)24-5-3-13-6-16(19(25)26)21-9-14(13)11-24/h6-9,12H,2-5,10-11H2,1H3,(H,25,26). The van der Waals surface area contributed by atoms with E-state index in [0.29, 0.717) is 31.2 Å². The molecule has 4 rings (SSSR count). The van der Waals surface area contributed by atoms with Gasteiger partial charge in [0.2, 0.25) is 5.95 Å². The second-order valence-corrected chi connectivity index (χ2v) is 7.16. The average Bonchev–Trinajstić information content (AvgIpc) is 3.06. The maximum Gasteiger partial charge on any atom is 0.354 e. The lowest BCUT2D eigenvalue weighted by Gasteiger charge is -2.30. The molecule has 0 amide bonds. The van der Waals surface area contributed by atoms with Gasteiger partial charge in [0.1, 0.15) is 11.5 Å². The number of carbonyl (C=O) groups is 1. The summed E-state index contributed by atoms with van der Waals surface area (Å²) in [6.45, 7) is 5.30. The van der Waals surface area contributed by atoms with Gasteiger partial charge in [-0.1, -0.05) is 6.92 Å². The number of hydrogen-bond donors (Lipinski definition) is 1.